The van der Waals surface area contributed by atoms with Gasteiger partial charge in [-0.1, -0.05) is 39.5 Å². The fourth-order valence-corrected chi connectivity index (χ4v) is 1.52. The molecular formula is C13H28N2O2. The lowest BCUT2D eigenvalue weighted by Gasteiger charge is -2.11. The standard InChI is InChI=1S/C13H28N2O2/c1-3-5-7-8-12(14)9-11-17-13(16)15-10-6-4-2/h12H,3-11,14H2,1-2H3,(H,15,16). The number of ether oxygens (including phenoxy) is 1. The van der Waals surface area contributed by atoms with Crippen LogP contribution in [0.3, 0.4) is 0 Å². The Morgan fingerprint density at radius 3 is 2.53 bits per heavy atom. The zero-order valence-corrected chi connectivity index (χ0v) is 11.3. The number of alkyl carbamates (subject to hydrolysis) is 1. The largest absolute Gasteiger partial charge is 0.450 e. The van der Waals surface area contributed by atoms with Crippen LogP contribution in [0.25, 0.3) is 0 Å². The Morgan fingerprint density at radius 1 is 1.18 bits per heavy atom. The summed E-state index contributed by atoms with van der Waals surface area (Å²) >= 11 is 0. The second-order valence-corrected chi connectivity index (χ2v) is 4.46. The molecule has 1 unspecified atom stereocenters. The number of amides is 1. The Bertz CT molecular complexity index is 186. The van der Waals surface area contributed by atoms with Gasteiger partial charge in [0.05, 0.1) is 6.61 Å². The molecule has 0 radical (unpaired) electrons. The van der Waals surface area contributed by atoms with Crippen molar-refractivity contribution >= 4 is 6.09 Å². The van der Waals surface area contributed by atoms with Crippen molar-refractivity contribution in [1.29, 1.82) is 0 Å². The number of hydrogen-bond donors (Lipinski definition) is 2. The summed E-state index contributed by atoms with van der Waals surface area (Å²) in [5, 5.41) is 2.71. The van der Waals surface area contributed by atoms with Crippen LogP contribution < -0.4 is 11.1 Å². The number of carbonyl (C=O) groups excluding carboxylic acids is 1. The molecule has 0 aliphatic heterocycles. The highest BCUT2D eigenvalue weighted by Gasteiger charge is 2.05. The van der Waals surface area contributed by atoms with Gasteiger partial charge < -0.3 is 15.8 Å². The third kappa shape index (κ3) is 11.5. The number of hydrogen-bond acceptors (Lipinski definition) is 3. The van der Waals surface area contributed by atoms with Crippen molar-refractivity contribution in [1.82, 2.24) is 5.32 Å². The first-order chi connectivity index (χ1) is 8.20. The Morgan fingerprint density at radius 2 is 1.88 bits per heavy atom. The van der Waals surface area contributed by atoms with Gasteiger partial charge in [0.2, 0.25) is 0 Å². The topological polar surface area (TPSA) is 64.3 Å². The van der Waals surface area contributed by atoms with Gasteiger partial charge in [0.25, 0.3) is 0 Å². The van der Waals surface area contributed by atoms with Crippen LogP contribution in [-0.4, -0.2) is 25.3 Å². The van der Waals surface area contributed by atoms with E-state index in [4.69, 9.17) is 10.5 Å². The average Bonchev–Trinajstić information content (AvgIpc) is 2.30. The zero-order valence-electron chi connectivity index (χ0n) is 11.3. The maximum atomic E-state index is 11.2. The highest BCUT2D eigenvalue weighted by molar-refractivity contribution is 5.66. The monoisotopic (exact) mass is 244 g/mol. The van der Waals surface area contributed by atoms with Gasteiger partial charge in [-0.3, -0.25) is 0 Å². The Kier molecular flexibility index (Phi) is 11.2. The molecule has 0 heterocycles. The molecule has 0 saturated heterocycles. The van der Waals surface area contributed by atoms with Crippen LogP contribution in [0.2, 0.25) is 0 Å². The van der Waals surface area contributed by atoms with E-state index in [2.05, 4.69) is 19.2 Å². The molecule has 0 saturated carbocycles. The summed E-state index contributed by atoms with van der Waals surface area (Å²) in [5.74, 6) is 0. The molecule has 0 spiro atoms. The van der Waals surface area contributed by atoms with Crippen LogP contribution in [0, 0.1) is 0 Å². The van der Waals surface area contributed by atoms with E-state index in [0.717, 1.165) is 25.7 Å². The smallest absolute Gasteiger partial charge is 0.407 e. The van der Waals surface area contributed by atoms with E-state index in [9.17, 15) is 4.79 Å². The van der Waals surface area contributed by atoms with Gasteiger partial charge in [-0.25, -0.2) is 4.79 Å². The molecule has 0 aromatic rings. The summed E-state index contributed by atoms with van der Waals surface area (Å²) in [6.07, 6.45) is 7.13. The van der Waals surface area contributed by atoms with Crippen molar-refractivity contribution in [2.45, 2.75) is 64.8 Å². The maximum Gasteiger partial charge on any atom is 0.407 e. The lowest BCUT2D eigenvalue weighted by Crippen LogP contribution is -2.28. The van der Waals surface area contributed by atoms with Crippen LogP contribution in [0.15, 0.2) is 0 Å². The van der Waals surface area contributed by atoms with Crippen LogP contribution in [0.1, 0.15) is 58.8 Å². The Hall–Kier alpha value is -0.770. The molecule has 4 heteroatoms. The van der Waals surface area contributed by atoms with Gasteiger partial charge in [0.15, 0.2) is 0 Å². The lowest BCUT2D eigenvalue weighted by molar-refractivity contribution is 0.142. The molecule has 3 N–H and O–H groups in total. The van der Waals surface area contributed by atoms with Crippen molar-refractivity contribution < 1.29 is 9.53 Å². The van der Waals surface area contributed by atoms with E-state index >= 15 is 0 Å². The lowest BCUT2D eigenvalue weighted by atomic mass is 10.1. The molecule has 0 aliphatic carbocycles. The van der Waals surface area contributed by atoms with Gasteiger partial charge in [0, 0.05) is 12.6 Å². The summed E-state index contributed by atoms with van der Waals surface area (Å²) in [6.45, 7) is 5.38. The minimum absolute atomic E-state index is 0.157. The molecule has 0 aliphatic rings. The third-order valence-corrected chi connectivity index (χ3v) is 2.70. The summed E-state index contributed by atoms with van der Waals surface area (Å²) < 4.78 is 5.04. The molecular weight excluding hydrogens is 216 g/mol. The van der Waals surface area contributed by atoms with Gasteiger partial charge in [-0.15, -0.1) is 0 Å². The van der Waals surface area contributed by atoms with E-state index in [0.29, 0.717) is 13.2 Å². The molecule has 1 amide bonds. The van der Waals surface area contributed by atoms with Gasteiger partial charge in [0.1, 0.15) is 0 Å². The molecule has 0 bridgehead atoms. The maximum absolute atomic E-state index is 11.2. The highest BCUT2D eigenvalue weighted by atomic mass is 16.5. The predicted octanol–water partition coefficient (Wildman–Crippen LogP) is 2.81. The molecule has 102 valence electrons. The summed E-state index contributed by atoms with van der Waals surface area (Å²) in [6, 6.07) is 0.157. The molecule has 4 nitrogen and oxygen atoms in total. The van der Waals surface area contributed by atoms with E-state index in [1.165, 1.54) is 19.3 Å². The average molecular weight is 244 g/mol. The summed E-state index contributed by atoms with van der Waals surface area (Å²) in [5.41, 5.74) is 5.91. The van der Waals surface area contributed by atoms with Crippen LogP contribution >= 0.6 is 0 Å². The van der Waals surface area contributed by atoms with Gasteiger partial charge in [-0.2, -0.15) is 0 Å². The van der Waals surface area contributed by atoms with E-state index < -0.39 is 0 Å². The minimum atomic E-state index is -0.320. The molecule has 17 heavy (non-hydrogen) atoms. The van der Waals surface area contributed by atoms with E-state index in [-0.39, 0.29) is 12.1 Å². The first-order valence-corrected chi connectivity index (χ1v) is 6.86. The van der Waals surface area contributed by atoms with Crippen molar-refractivity contribution in [3.05, 3.63) is 0 Å². The second-order valence-electron chi connectivity index (χ2n) is 4.46. The van der Waals surface area contributed by atoms with Crippen molar-refractivity contribution in [3.63, 3.8) is 0 Å². The van der Waals surface area contributed by atoms with E-state index in [1.54, 1.807) is 0 Å². The molecule has 1 atom stereocenters. The first-order valence-electron chi connectivity index (χ1n) is 6.86. The van der Waals surface area contributed by atoms with Crippen LogP contribution in [0.4, 0.5) is 4.79 Å². The number of nitrogens with two attached hydrogens (primary N) is 1. The predicted molar refractivity (Wildman–Crippen MR) is 71.0 cm³/mol. The zero-order chi connectivity index (χ0) is 12.9. The van der Waals surface area contributed by atoms with Crippen LogP contribution in [-0.2, 0) is 4.74 Å². The summed E-state index contributed by atoms with van der Waals surface area (Å²) in [4.78, 5) is 11.2. The van der Waals surface area contributed by atoms with Crippen molar-refractivity contribution in [3.8, 4) is 0 Å². The molecule has 0 rings (SSSR count). The molecule has 0 fully saturated rings. The number of unbranched alkanes of at least 4 members (excludes halogenated alkanes) is 3. The second kappa shape index (κ2) is 11.7. The fraction of sp³-hybridized carbons (Fsp3) is 0.923. The molecule has 0 aromatic heterocycles. The first kappa shape index (κ1) is 16.2. The van der Waals surface area contributed by atoms with E-state index in [1.807, 2.05) is 0 Å². The quantitative estimate of drug-likeness (QED) is 0.581. The number of rotatable bonds is 10. The summed E-state index contributed by atoms with van der Waals surface area (Å²) in [7, 11) is 0. The Labute approximate surface area is 105 Å². The van der Waals surface area contributed by atoms with Gasteiger partial charge in [-0.05, 0) is 19.3 Å². The van der Waals surface area contributed by atoms with Gasteiger partial charge >= 0.3 is 6.09 Å². The normalized spacial score (nSPS) is 12.2. The molecule has 0 aromatic carbocycles. The van der Waals surface area contributed by atoms with Crippen LogP contribution in [0.5, 0.6) is 0 Å². The third-order valence-electron chi connectivity index (χ3n) is 2.70. The number of nitrogens with one attached hydrogen (secondary N) is 1. The minimum Gasteiger partial charge on any atom is -0.450 e. The Balaban J connectivity index is 3.32. The fourth-order valence-electron chi connectivity index (χ4n) is 1.52. The van der Waals surface area contributed by atoms with Crippen molar-refractivity contribution in [2.75, 3.05) is 13.2 Å². The van der Waals surface area contributed by atoms with Crippen molar-refractivity contribution in [2.24, 2.45) is 5.73 Å². The number of carbonyl (C=O) groups is 1. The highest BCUT2D eigenvalue weighted by Crippen LogP contribution is 2.04. The SMILES string of the molecule is CCCCCC(N)CCOC(=O)NCCCC.